The number of nitrogens with one attached hydrogen (secondary N) is 1. The molecule has 3 fully saturated rings. The van der Waals surface area contributed by atoms with Gasteiger partial charge in [0.2, 0.25) is 0 Å². The zero-order valence-electron chi connectivity index (χ0n) is 21.2. The maximum absolute atomic E-state index is 12.3. The number of benzene rings is 3. The molecule has 0 radical (unpaired) electrons. The lowest BCUT2D eigenvalue weighted by Crippen LogP contribution is -2.68. The maximum Gasteiger partial charge on any atom is 0.308 e. The molecule has 0 aliphatic carbocycles. The van der Waals surface area contributed by atoms with E-state index in [1.165, 1.54) is 11.1 Å². The number of carbonyl (C=O) groups is 1. The van der Waals surface area contributed by atoms with Crippen LogP contribution in [0.2, 0.25) is 0 Å². The van der Waals surface area contributed by atoms with Crippen LogP contribution >= 0.6 is 0 Å². The van der Waals surface area contributed by atoms with Gasteiger partial charge in [-0.2, -0.15) is 0 Å². The van der Waals surface area contributed by atoms with E-state index < -0.39 is 22.7 Å². The van der Waals surface area contributed by atoms with E-state index in [2.05, 4.69) is 58.7 Å². The van der Waals surface area contributed by atoms with Gasteiger partial charge in [0.25, 0.3) is 0 Å². The summed E-state index contributed by atoms with van der Waals surface area (Å²) in [5, 5.41) is 13.9. The van der Waals surface area contributed by atoms with Gasteiger partial charge in [0, 0.05) is 58.6 Å². The standard InChI is InChI=1S/C30H34N2O4S/c1-36-26-14-13-23(37(2)35)17-22(26)18-31-28-24-15-16-32(19-25(24)30(33)34)29(28)27(20-9-5-3-6-10-20)21-11-7-4-8-12-21/h3-14,17,24-25,27-29,31H,15-16,18-19H2,1-2H3,(H,33,34). The molecule has 194 valence electrons. The molecule has 6 unspecified atom stereocenters. The minimum Gasteiger partial charge on any atom is -0.496 e. The number of aliphatic carboxylic acids is 1. The minimum absolute atomic E-state index is 0.0110. The van der Waals surface area contributed by atoms with Crippen molar-refractivity contribution in [3.63, 3.8) is 0 Å². The summed E-state index contributed by atoms with van der Waals surface area (Å²) in [6.07, 6.45) is 2.52. The Balaban J connectivity index is 1.54. The van der Waals surface area contributed by atoms with Crippen LogP contribution in [-0.2, 0) is 22.1 Å². The summed E-state index contributed by atoms with van der Waals surface area (Å²) in [4.78, 5) is 15.4. The quantitative estimate of drug-likeness (QED) is 0.444. The molecular formula is C30H34N2O4S. The highest BCUT2D eigenvalue weighted by Crippen LogP contribution is 2.44. The molecule has 7 heteroatoms. The number of hydrogen-bond donors (Lipinski definition) is 2. The second-order valence-electron chi connectivity index (χ2n) is 10.0. The number of carboxylic acid groups (broad SMARTS) is 1. The van der Waals surface area contributed by atoms with Crippen LogP contribution in [0.25, 0.3) is 0 Å². The Labute approximate surface area is 221 Å². The topological polar surface area (TPSA) is 78.9 Å². The van der Waals surface area contributed by atoms with Crippen LogP contribution in [0.1, 0.15) is 29.0 Å². The van der Waals surface area contributed by atoms with Crippen molar-refractivity contribution in [3.05, 3.63) is 95.6 Å². The average Bonchev–Trinajstić information content (AvgIpc) is 2.93. The number of rotatable bonds is 9. The molecule has 0 amide bonds. The van der Waals surface area contributed by atoms with Crippen molar-refractivity contribution in [2.75, 3.05) is 26.5 Å². The molecule has 6 nitrogen and oxygen atoms in total. The zero-order valence-corrected chi connectivity index (χ0v) is 22.1. The second kappa shape index (κ2) is 11.2. The molecule has 3 aliphatic rings. The molecule has 3 aromatic carbocycles. The molecule has 6 atom stereocenters. The molecule has 3 heterocycles. The fourth-order valence-corrected chi connectivity index (χ4v) is 6.90. The third kappa shape index (κ3) is 5.21. The number of ether oxygens (including phenoxy) is 1. The molecule has 0 saturated carbocycles. The summed E-state index contributed by atoms with van der Waals surface area (Å²) >= 11 is 0. The Hall–Kier alpha value is -3.00. The lowest BCUT2D eigenvalue weighted by atomic mass is 9.66. The van der Waals surface area contributed by atoms with Gasteiger partial charge in [-0.1, -0.05) is 60.7 Å². The first-order valence-corrected chi connectivity index (χ1v) is 14.3. The van der Waals surface area contributed by atoms with E-state index in [0.717, 1.165) is 29.2 Å². The third-order valence-electron chi connectivity index (χ3n) is 8.04. The maximum atomic E-state index is 12.3. The van der Waals surface area contributed by atoms with Gasteiger partial charge in [-0.25, -0.2) is 0 Å². The molecular weight excluding hydrogens is 484 g/mol. The number of piperidine rings is 3. The highest BCUT2D eigenvalue weighted by Gasteiger charge is 2.52. The predicted molar refractivity (Wildman–Crippen MR) is 145 cm³/mol. The highest BCUT2D eigenvalue weighted by atomic mass is 32.2. The van der Waals surface area contributed by atoms with Crippen LogP contribution < -0.4 is 10.1 Å². The molecule has 2 bridgehead atoms. The van der Waals surface area contributed by atoms with E-state index in [0.29, 0.717) is 13.1 Å². The molecule has 2 N–H and O–H groups in total. The minimum atomic E-state index is -1.10. The van der Waals surface area contributed by atoms with Crippen molar-refractivity contribution in [1.29, 1.82) is 0 Å². The van der Waals surface area contributed by atoms with Crippen LogP contribution in [0, 0.1) is 11.8 Å². The third-order valence-corrected chi connectivity index (χ3v) is 8.95. The average molecular weight is 519 g/mol. The number of fused-ring (bicyclic) bond motifs is 3. The number of carboxylic acids is 1. The van der Waals surface area contributed by atoms with Crippen LogP contribution in [0.3, 0.4) is 0 Å². The van der Waals surface area contributed by atoms with Gasteiger partial charge in [0.05, 0.1) is 13.0 Å². The summed E-state index contributed by atoms with van der Waals surface area (Å²) < 4.78 is 17.8. The molecule has 37 heavy (non-hydrogen) atoms. The predicted octanol–water partition coefficient (Wildman–Crippen LogP) is 4.13. The van der Waals surface area contributed by atoms with Gasteiger partial charge < -0.3 is 15.2 Å². The summed E-state index contributed by atoms with van der Waals surface area (Å²) in [6, 6.07) is 26.7. The van der Waals surface area contributed by atoms with Gasteiger partial charge in [-0.3, -0.25) is 13.9 Å². The van der Waals surface area contributed by atoms with Crippen molar-refractivity contribution in [3.8, 4) is 5.75 Å². The molecule has 0 aromatic heterocycles. The van der Waals surface area contributed by atoms with Gasteiger partial charge in [0.1, 0.15) is 5.75 Å². The second-order valence-corrected chi connectivity index (χ2v) is 11.4. The molecule has 3 aliphatic heterocycles. The molecule has 6 rings (SSSR count). The largest absolute Gasteiger partial charge is 0.496 e. The van der Waals surface area contributed by atoms with Crippen LogP contribution in [0.4, 0.5) is 0 Å². The fraction of sp³-hybridized carbons (Fsp3) is 0.367. The van der Waals surface area contributed by atoms with Crippen LogP contribution in [-0.4, -0.2) is 58.7 Å². The fourth-order valence-electron chi connectivity index (χ4n) is 6.34. The van der Waals surface area contributed by atoms with Crippen molar-refractivity contribution in [2.45, 2.75) is 35.9 Å². The van der Waals surface area contributed by atoms with Crippen molar-refractivity contribution in [1.82, 2.24) is 10.2 Å². The first-order chi connectivity index (χ1) is 18.0. The van der Waals surface area contributed by atoms with Crippen molar-refractivity contribution < 1.29 is 18.8 Å². The van der Waals surface area contributed by atoms with Gasteiger partial charge in [-0.15, -0.1) is 0 Å². The Morgan fingerprint density at radius 2 is 1.73 bits per heavy atom. The lowest BCUT2D eigenvalue weighted by Gasteiger charge is -2.56. The highest BCUT2D eigenvalue weighted by molar-refractivity contribution is 7.84. The first-order valence-electron chi connectivity index (χ1n) is 12.8. The summed E-state index contributed by atoms with van der Waals surface area (Å²) in [6.45, 7) is 1.95. The Kier molecular flexibility index (Phi) is 7.74. The number of nitrogens with zero attached hydrogens (tertiary/aromatic N) is 1. The number of hydrogen-bond acceptors (Lipinski definition) is 5. The lowest BCUT2D eigenvalue weighted by molar-refractivity contribution is -0.152. The van der Waals surface area contributed by atoms with E-state index in [4.69, 9.17) is 4.74 Å². The van der Waals surface area contributed by atoms with Gasteiger partial charge in [0.15, 0.2) is 0 Å². The summed E-state index contributed by atoms with van der Waals surface area (Å²) in [7, 11) is 0.534. The van der Waals surface area contributed by atoms with E-state index in [9.17, 15) is 14.1 Å². The monoisotopic (exact) mass is 518 g/mol. The zero-order chi connectivity index (χ0) is 25.9. The van der Waals surface area contributed by atoms with Crippen molar-refractivity contribution >= 4 is 16.8 Å². The van der Waals surface area contributed by atoms with E-state index in [-0.39, 0.29) is 23.9 Å². The Morgan fingerprint density at radius 3 is 2.30 bits per heavy atom. The van der Waals surface area contributed by atoms with Crippen molar-refractivity contribution in [2.24, 2.45) is 11.8 Å². The number of methoxy groups -OCH3 is 1. The van der Waals surface area contributed by atoms with Gasteiger partial charge >= 0.3 is 5.97 Å². The van der Waals surface area contributed by atoms with E-state index >= 15 is 0 Å². The summed E-state index contributed by atoms with van der Waals surface area (Å²) in [5.74, 6) is -0.300. The van der Waals surface area contributed by atoms with Crippen LogP contribution in [0.5, 0.6) is 5.75 Å². The van der Waals surface area contributed by atoms with E-state index in [1.807, 2.05) is 30.3 Å². The van der Waals surface area contributed by atoms with Crippen LogP contribution in [0.15, 0.2) is 83.8 Å². The molecule has 0 spiro atoms. The molecule has 3 aromatic rings. The first kappa shape index (κ1) is 25.6. The van der Waals surface area contributed by atoms with Gasteiger partial charge in [-0.05, 0) is 48.2 Å². The SMILES string of the molecule is COc1ccc(S(C)=O)cc1CNC1C2CCN(CC2C(=O)O)C1C(c1ccccc1)c1ccccc1. The smallest absolute Gasteiger partial charge is 0.308 e. The van der Waals surface area contributed by atoms with E-state index in [1.54, 1.807) is 13.4 Å². The Morgan fingerprint density at radius 1 is 1.08 bits per heavy atom. The Bertz CT molecular complexity index is 1210. The summed E-state index contributed by atoms with van der Waals surface area (Å²) in [5.41, 5.74) is 3.38. The normalized spacial score (nSPS) is 25.6. The molecule has 3 saturated heterocycles.